The summed E-state index contributed by atoms with van der Waals surface area (Å²) in [6.45, 7) is 5.81. The number of morpholine rings is 1. The number of nitrogens with zero attached hydrogens (tertiary/aromatic N) is 2. The maximum Gasteiger partial charge on any atom is 0.191 e. The van der Waals surface area contributed by atoms with Crippen molar-refractivity contribution >= 4 is 5.96 Å². The van der Waals surface area contributed by atoms with Gasteiger partial charge in [-0.2, -0.15) is 0 Å². The molecule has 0 aliphatic carbocycles. The van der Waals surface area contributed by atoms with E-state index in [1.54, 1.807) is 7.11 Å². The molecular weight excluding hydrogens is 222 g/mol. The molecule has 0 radical (unpaired) electrons. The third-order valence-corrected chi connectivity index (χ3v) is 2.49. The molecule has 6 heteroatoms. The molecule has 17 heavy (non-hydrogen) atoms. The maximum atomic E-state index is 5.87. The number of nitrogens with two attached hydrogens (primary N) is 1. The zero-order valence-corrected chi connectivity index (χ0v) is 10.6. The van der Waals surface area contributed by atoms with E-state index in [1.165, 1.54) is 0 Å². The lowest BCUT2D eigenvalue weighted by Gasteiger charge is -2.27. The van der Waals surface area contributed by atoms with Crippen LogP contribution in [-0.2, 0) is 14.2 Å². The zero-order chi connectivity index (χ0) is 12.3. The fraction of sp³-hybridized carbons (Fsp3) is 0.909. The lowest BCUT2D eigenvalue weighted by atomic mass is 10.4. The number of methoxy groups -OCH3 is 1. The molecule has 0 aromatic heterocycles. The van der Waals surface area contributed by atoms with Crippen LogP contribution in [0.4, 0.5) is 0 Å². The van der Waals surface area contributed by atoms with Gasteiger partial charge in [-0.05, 0) is 6.42 Å². The molecule has 1 aliphatic heterocycles. The first-order valence-corrected chi connectivity index (χ1v) is 6.04. The van der Waals surface area contributed by atoms with Crippen molar-refractivity contribution in [2.75, 3.05) is 59.8 Å². The summed E-state index contributed by atoms with van der Waals surface area (Å²) in [4.78, 5) is 6.37. The molecule has 0 amide bonds. The van der Waals surface area contributed by atoms with Crippen molar-refractivity contribution in [3.8, 4) is 0 Å². The number of guanidine groups is 1. The van der Waals surface area contributed by atoms with Gasteiger partial charge in [-0.25, -0.2) is 0 Å². The lowest BCUT2D eigenvalue weighted by Crippen LogP contribution is -2.44. The van der Waals surface area contributed by atoms with Crippen LogP contribution in [0, 0.1) is 0 Å². The molecule has 0 atom stereocenters. The molecule has 1 rings (SSSR count). The summed E-state index contributed by atoms with van der Waals surface area (Å²) in [5, 5.41) is 0. The van der Waals surface area contributed by atoms with E-state index < -0.39 is 0 Å². The second-order valence-electron chi connectivity index (χ2n) is 3.80. The van der Waals surface area contributed by atoms with Crippen molar-refractivity contribution in [3.63, 3.8) is 0 Å². The van der Waals surface area contributed by atoms with Crippen LogP contribution in [0.25, 0.3) is 0 Å². The highest BCUT2D eigenvalue weighted by Gasteiger charge is 2.11. The summed E-state index contributed by atoms with van der Waals surface area (Å²) in [7, 11) is 1.66. The highest BCUT2D eigenvalue weighted by atomic mass is 16.5. The number of rotatable bonds is 7. The van der Waals surface area contributed by atoms with Crippen LogP contribution in [0.5, 0.6) is 0 Å². The molecule has 0 spiro atoms. The van der Waals surface area contributed by atoms with Gasteiger partial charge >= 0.3 is 0 Å². The predicted octanol–water partition coefficient (Wildman–Crippen LogP) is -0.314. The first-order valence-electron chi connectivity index (χ1n) is 6.04. The minimum Gasteiger partial charge on any atom is -0.382 e. The largest absolute Gasteiger partial charge is 0.382 e. The summed E-state index contributed by atoms with van der Waals surface area (Å²) in [5.74, 6) is 0.616. The minimum atomic E-state index is 0.616. The number of ether oxygens (including phenoxy) is 3. The third-order valence-electron chi connectivity index (χ3n) is 2.49. The van der Waals surface area contributed by atoms with Crippen molar-refractivity contribution in [1.29, 1.82) is 0 Å². The summed E-state index contributed by atoms with van der Waals surface area (Å²) >= 11 is 0. The quantitative estimate of drug-likeness (QED) is 0.378. The number of hydrogen-bond acceptors (Lipinski definition) is 4. The highest BCUT2D eigenvalue weighted by molar-refractivity contribution is 5.78. The van der Waals surface area contributed by atoms with E-state index in [-0.39, 0.29) is 0 Å². The van der Waals surface area contributed by atoms with Crippen LogP contribution in [0.1, 0.15) is 6.42 Å². The second kappa shape index (κ2) is 9.21. The van der Waals surface area contributed by atoms with Crippen LogP contribution in [0.15, 0.2) is 4.99 Å². The molecule has 0 aromatic carbocycles. The monoisotopic (exact) mass is 245 g/mol. The average molecular weight is 245 g/mol. The maximum absolute atomic E-state index is 5.87. The Balaban J connectivity index is 2.02. The van der Waals surface area contributed by atoms with Crippen molar-refractivity contribution in [1.82, 2.24) is 4.90 Å². The van der Waals surface area contributed by atoms with Gasteiger partial charge in [0, 0.05) is 33.4 Å². The van der Waals surface area contributed by atoms with E-state index in [2.05, 4.69) is 9.89 Å². The molecule has 1 heterocycles. The zero-order valence-electron chi connectivity index (χ0n) is 10.6. The molecule has 2 N–H and O–H groups in total. The Labute approximate surface area is 103 Å². The van der Waals surface area contributed by atoms with Crippen LogP contribution < -0.4 is 5.73 Å². The number of hydrogen-bond donors (Lipinski definition) is 1. The molecule has 0 aromatic rings. The second-order valence-corrected chi connectivity index (χ2v) is 3.80. The Morgan fingerprint density at radius 3 is 2.76 bits per heavy atom. The van der Waals surface area contributed by atoms with Crippen molar-refractivity contribution in [3.05, 3.63) is 0 Å². The smallest absolute Gasteiger partial charge is 0.191 e. The standard InChI is InChI=1S/C11H23N3O3/c1-15-9-10-16-6-2-3-13-11(12)14-4-7-17-8-5-14/h2-10H2,1H3,(H2,12,13). The Bertz CT molecular complexity index is 218. The fourth-order valence-corrected chi connectivity index (χ4v) is 1.50. The Kier molecular flexibility index (Phi) is 7.70. The Hall–Kier alpha value is -0.850. The van der Waals surface area contributed by atoms with E-state index >= 15 is 0 Å². The van der Waals surface area contributed by atoms with E-state index in [0.29, 0.717) is 32.3 Å². The molecule has 1 aliphatic rings. The molecule has 0 saturated carbocycles. The van der Waals surface area contributed by atoms with Crippen molar-refractivity contribution in [2.45, 2.75) is 6.42 Å². The van der Waals surface area contributed by atoms with Gasteiger partial charge < -0.3 is 24.8 Å². The Morgan fingerprint density at radius 2 is 2.06 bits per heavy atom. The summed E-state index contributed by atoms with van der Waals surface area (Å²) < 4.78 is 15.5. The van der Waals surface area contributed by atoms with Gasteiger partial charge in [-0.1, -0.05) is 0 Å². The van der Waals surface area contributed by atoms with Gasteiger partial charge in [-0.15, -0.1) is 0 Å². The van der Waals surface area contributed by atoms with Crippen molar-refractivity contribution in [2.24, 2.45) is 10.7 Å². The van der Waals surface area contributed by atoms with E-state index in [1.807, 2.05) is 0 Å². The number of aliphatic imine (C=N–C) groups is 1. The van der Waals surface area contributed by atoms with Gasteiger partial charge in [0.05, 0.1) is 26.4 Å². The average Bonchev–Trinajstić information content (AvgIpc) is 2.38. The van der Waals surface area contributed by atoms with Crippen LogP contribution in [0.2, 0.25) is 0 Å². The normalized spacial score (nSPS) is 17.5. The molecule has 1 saturated heterocycles. The van der Waals surface area contributed by atoms with E-state index in [4.69, 9.17) is 19.9 Å². The van der Waals surface area contributed by atoms with E-state index in [9.17, 15) is 0 Å². The van der Waals surface area contributed by atoms with Crippen LogP contribution in [0.3, 0.4) is 0 Å². The van der Waals surface area contributed by atoms with Gasteiger partial charge in [0.2, 0.25) is 0 Å². The molecule has 1 fully saturated rings. The molecule has 0 bridgehead atoms. The molecule has 100 valence electrons. The first-order chi connectivity index (χ1) is 8.34. The fourth-order valence-electron chi connectivity index (χ4n) is 1.50. The molecular formula is C11H23N3O3. The van der Waals surface area contributed by atoms with Gasteiger partial charge in [0.15, 0.2) is 5.96 Å². The SMILES string of the molecule is COCCOCCCN=C(N)N1CCOCC1. The third kappa shape index (κ3) is 6.45. The Morgan fingerprint density at radius 1 is 1.29 bits per heavy atom. The van der Waals surface area contributed by atoms with E-state index in [0.717, 1.165) is 32.7 Å². The topological polar surface area (TPSA) is 69.3 Å². The van der Waals surface area contributed by atoms with Gasteiger partial charge in [0.25, 0.3) is 0 Å². The first kappa shape index (κ1) is 14.2. The predicted molar refractivity (Wildman–Crippen MR) is 66.2 cm³/mol. The van der Waals surface area contributed by atoms with Gasteiger partial charge in [0.1, 0.15) is 0 Å². The van der Waals surface area contributed by atoms with Crippen LogP contribution in [-0.4, -0.2) is 70.6 Å². The minimum absolute atomic E-state index is 0.616. The molecule has 6 nitrogen and oxygen atoms in total. The van der Waals surface area contributed by atoms with Crippen molar-refractivity contribution < 1.29 is 14.2 Å². The molecule has 0 unspecified atom stereocenters. The summed E-state index contributed by atoms with van der Waals surface area (Å²) in [6.07, 6.45) is 0.884. The summed E-state index contributed by atoms with van der Waals surface area (Å²) in [5.41, 5.74) is 5.87. The lowest BCUT2D eigenvalue weighted by molar-refractivity contribution is 0.0667. The highest BCUT2D eigenvalue weighted by Crippen LogP contribution is 1.96. The summed E-state index contributed by atoms with van der Waals surface area (Å²) in [6, 6.07) is 0. The van der Waals surface area contributed by atoms with Gasteiger partial charge in [-0.3, -0.25) is 4.99 Å². The van der Waals surface area contributed by atoms with Crippen LogP contribution >= 0.6 is 0 Å².